The Labute approximate surface area is 134 Å². The van der Waals surface area contributed by atoms with Crippen molar-refractivity contribution < 1.29 is 4.79 Å². The van der Waals surface area contributed by atoms with Crippen molar-refractivity contribution in [3.05, 3.63) is 52.3 Å². The fourth-order valence-electron chi connectivity index (χ4n) is 2.85. The summed E-state index contributed by atoms with van der Waals surface area (Å²) in [7, 11) is 0. The van der Waals surface area contributed by atoms with Crippen LogP contribution in [0.3, 0.4) is 0 Å². The zero-order valence-corrected chi connectivity index (χ0v) is 13.2. The number of amides is 2. The van der Waals surface area contributed by atoms with Crippen molar-refractivity contribution in [3.8, 4) is 0 Å². The second kappa shape index (κ2) is 6.40. The summed E-state index contributed by atoms with van der Waals surface area (Å²) in [6.07, 6.45) is 0.943. The third kappa shape index (κ3) is 3.25. The molecular formula is C16H19ClN4O. The number of carbonyl (C=O) groups is 1. The Morgan fingerprint density at radius 3 is 3.05 bits per heavy atom. The molecule has 0 saturated carbocycles. The first-order valence-electron chi connectivity index (χ1n) is 7.41. The van der Waals surface area contributed by atoms with Crippen LogP contribution in [0, 0.1) is 6.92 Å². The minimum atomic E-state index is -0.0461. The van der Waals surface area contributed by atoms with Crippen molar-refractivity contribution in [3.63, 3.8) is 0 Å². The minimum Gasteiger partial charge on any atom is -0.332 e. The topological polar surface area (TPSA) is 61.0 Å². The maximum Gasteiger partial charge on any atom is 0.317 e. The average Bonchev–Trinajstić information content (AvgIpc) is 3.14. The van der Waals surface area contributed by atoms with Crippen LogP contribution in [-0.2, 0) is 6.54 Å². The normalized spacial score (nSPS) is 17.7. The molecule has 0 aliphatic carbocycles. The minimum absolute atomic E-state index is 0.0461. The molecule has 22 heavy (non-hydrogen) atoms. The highest BCUT2D eigenvalue weighted by Gasteiger charge is 2.28. The summed E-state index contributed by atoms with van der Waals surface area (Å²) >= 11 is 6.24. The quantitative estimate of drug-likeness (QED) is 0.913. The number of rotatable bonds is 3. The van der Waals surface area contributed by atoms with Gasteiger partial charge in [0.15, 0.2) is 0 Å². The van der Waals surface area contributed by atoms with E-state index in [-0.39, 0.29) is 6.03 Å². The molecule has 6 heteroatoms. The number of nitrogens with zero attached hydrogens (tertiary/aromatic N) is 2. The van der Waals surface area contributed by atoms with Crippen LogP contribution >= 0.6 is 11.6 Å². The Morgan fingerprint density at radius 2 is 2.32 bits per heavy atom. The van der Waals surface area contributed by atoms with Crippen molar-refractivity contribution in [2.45, 2.75) is 25.8 Å². The van der Waals surface area contributed by atoms with Crippen molar-refractivity contribution in [1.29, 1.82) is 0 Å². The number of urea groups is 1. The van der Waals surface area contributed by atoms with Gasteiger partial charge in [-0.3, -0.25) is 5.10 Å². The van der Waals surface area contributed by atoms with E-state index >= 15 is 0 Å². The number of hydrogen-bond acceptors (Lipinski definition) is 2. The Balaban J connectivity index is 1.56. The number of halogens is 1. The third-order valence-electron chi connectivity index (χ3n) is 4.00. The number of nitrogens with one attached hydrogen (secondary N) is 2. The molecule has 0 spiro atoms. The molecular weight excluding hydrogens is 300 g/mol. The predicted octanol–water partition coefficient (Wildman–Crippen LogP) is 3.07. The summed E-state index contributed by atoms with van der Waals surface area (Å²) in [5, 5.41) is 10.7. The molecule has 2 heterocycles. The molecule has 1 unspecified atom stereocenters. The highest BCUT2D eigenvalue weighted by Crippen LogP contribution is 2.31. The second-order valence-corrected chi connectivity index (χ2v) is 6.06. The molecule has 116 valence electrons. The van der Waals surface area contributed by atoms with E-state index in [2.05, 4.69) is 15.5 Å². The monoisotopic (exact) mass is 318 g/mol. The molecule has 2 N–H and O–H groups in total. The van der Waals surface area contributed by atoms with Crippen LogP contribution in [-0.4, -0.2) is 34.2 Å². The maximum atomic E-state index is 12.2. The lowest BCUT2D eigenvalue weighted by Crippen LogP contribution is -2.38. The summed E-state index contributed by atoms with van der Waals surface area (Å²) in [4.78, 5) is 14.1. The molecule has 1 aliphatic rings. The lowest BCUT2D eigenvalue weighted by molar-refractivity contribution is 0.207. The van der Waals surface area contributed by atoms with E-state index in [1.807, 2.05) is 42.2 Å². The van der Waals surface area contributed by atoms with Gasteiger partial charge in [-0.05, 0) is 31.0 Å². The fraction of sp³-hybridized carbons (Fsp3) is 0.375. The molecule has 0 bridgehead atoms. The number of aromatic nitrogens is 2. The van der Waals surface area contributed by atoms with Crippen LogP contribution in [0.25, 0.3) is 0 Å². The molecule has 1 atom stereocenters. The van der Waals surface area contributed by atoms with E-state index in [1.165, 1.54) is 0 Å². The molecule has 1 saturated heterocycles. The van der Waals surface area contributed by atoms with Gasteiger partial charge in [0.25, 0.3) is 0 Å². The number of carbonyl (C=O) groups excluding carboxylic acids is 1. The van der Waals surface area contributed by atoms with Gasteiger partial charge in [-0.15, -0.1) is 0 Å². The van der Waals surface area contributed by atoms with E-state index in [1.54, 1.807) is 0 Å². The number of likely N-dealkylation sites (tertiary alicyclic amines) is 1. The van der Waals surface area contributed by atoms with Crippen molar-refractivity contribution in [2.24, 2.45) is 0 Å². The van der Waals surface area contributed by atoms with Gasteiger partial charge in [0, 0.05) is 29.7 Å². The number of aromatic amines is 1. The predicted molar refractivity (Wildman–Crippen MR) is 85.9 cm³/mol. The van der Waals surface area contributed by atoms with E-state index in [0.717, 1.165) is 34.9 Å². The van der Waals surface area contributed by atoms with Gasteiger partial charge in [-0.2, -0.15) is 5.10 Å². The van der Waals surface area contributed by atoms with Gasteiger partial charge in [0.1, 0.15) is 0 Å². The van der Waals surface area contributed by atoms with Crippen LogP contribution in [0.1, 0.15) is 29.3 Å². The second-order valence-electron chi connectivity index (χ2n) is 5.65. The van der Waals surface area contributed by atoms with Crippen LogP contribution in [0.15, 0.2) is 30.3 Å². The molecule has 2 amide bonds. The van der Waals surface area contributed by atoms with Crippen LogP contribution in [0.2, 0.25) is 5.02 Å². The van der Waals surface area contributed by atoms with Crippen LogP contribution in [0.4, 0.5) is 4.79 Å². The Hall–Kier alpha value is -2.01. The summed E-state index contributed by atoms with van der Waals surface area (Å²) in [6, 6.07) is 9.74. The molecule has 1 aromatic heterocycles. The SMILES string of the molecule is Cc1cc(CNC(=O)N2CCC(c3ccccc3Cl)C2)n[nH]1. The van der Waals surface area contributed by atoms with Crippen molar-refractivity contribution in [1.82, 2.24) is 20.4 Å². The lowest BCUT2D eigenvalue weighted by Gasteiger charge is -2.17. The average molecular weight is 319 g/mol. The van der Waals surface area contributed by atoms with Gasteiger partial charge in [-0.25, -0.2) is 4.79 Å². The highest BCUT2D eigenvalue weighted by molar-refractivity contribution is 6.31. The van der Waals surface area contributed by atoms with Gasteiger partial charge in [0.2, 0.25) is 0 Å². The molecule has 1 aliphatic heterocycles. The third-order valence-corrected chi connectivity index (χ3v) is 4.34. The summed E-state index contributed by atoms with van der Waals surface area (Å²) < 4.78 is 0. The van der Waals surface area contributed by atoms with Crippen LogP contribution < -0.4 is 5.32 Å². The summed E-state index contributed by atoms with van der Waals surface area (Å²) in [5.41, 5.74) is 2.96. The smallest absolute Gasteiger partial charge is 0.317 e. The van der Waals surface area contributed by atoms with Gasteiger partial charge in [0.05, 0.1) is 12.2 Å². The van der Waals surface area contributed by atoms with Crippen molar-refractivity contribution in [2.75, 3.05) is 13.1 Å². The van der Waals surface area contributed by atoms with Gasteiger partial charge < -0.3 is 10.2 Å². The molecule has 1 aromatic carbocycles. The number of hydrogen-bond donors (Lipinski definition) is 2. The summed E-state index contributed by atoms with van der Waals surface area (Å²) in [6.45, 7) is 3.83. The zero-order chi connectivity index (χ0) is 15.5. The first-order chi connectivity index (χ1) is 10.6. The Morgan fingerprint density at radius 1 is 1.50 bits per heavy atom. The van der Waals surface area contributed by atoms with Gasteiger partial charge >= 0.3 is 6.03 Å². The standard InChI is InChI=1S/C16H19ClN4O/c1-11-8-13(20-19-11)9-18-16(22)21-7-6-12(10-21)14-4-2-3-5-15(14)17/h2-5,8,12H,6-7,9-10H2,1H3,(H,18,22)(H,19,20). The molecule has 2 aromatic rings. The number of benzene rings is 1. The van der Waals surface area contributed by atoms with Gasteiger partial charge in [-0.1, -0.05) is 29.8 Å². The number of aryl methyl sites for hydroxylation is 1. The highest BCUT2D eigenvalue weighted by atomic mass is 35.5. The van der Waals surface area contributed by atoms with Crippen molar-refractivity contribution >= 4 is 17.6 Å². The van der Waals surface area contributed by atoms with E-state index in [0.29, 0.717) is 19.0 Å². The van der Waals surface area contributed by atoms with E-state index < -0.39 is 0 Å². The Bertz CT molecular complexity index is 670. The largest absolute Gasteiger partial charge is 0.332 e. The fourth-order valence-corrected chi connectivity index (χ4v) is 3.14. The molecule has 3 rings (SSSR count). The number of H-pyrrole nitrogens is 1. The molecule has 1 fully saturated rings. The summed E-state index contributed by atoms with van der Waals surface area (Å²) in [5.74, 6) is 0.312. The first kappa shape index (κ1) is 14.9. The first-order valence-corrected chi connectivity index (χ1v) is 7.79. The lowest BCUT2D eigenvalue weighted by atomic mass is 9.98. The molecule has 5 nitrogen and oxygen atoms in total. The van der Waals surface area contributed by atoms with E-state index in [9.17, 15) is 4.79 Å². The Kier molecular flexibility index (Phi) is 4.34. The van der Waals surface area contributed by atoms with Crippen LogP contribution in [0.5, 0.6) is 0 Å². The van der Waals surface area contributed by atoms with E-state index in [4.69, 9.17) is 11.6 Å². The zero-order valence-electron chi connectivity index (χ0n) is 12.5. The molecule has 0 radical (unpaired) electrons. The maximum absolute atomic E-state index is 12.2.